The van der Waals surface area contributed by atoms with E-state index in [1.165, 1.54) is 32.4 Å². The van der Waals surface area contributed by atoms with Crippen LogP contribution < -0.4 is 0 Å². The van der Waals surface area contributed by atoms with Crippen molar-refractivity contribution in [1.29, 1.82) is 0 Å². The zero-order valence-electron chi connectivity index (χ0n) is 11.9. The highest BCUT2D eigenvalue weighted by Crippen LogP contribution is 2.18. The van der Waals surface area contributed by atoms with Crippen LogP contribution in [0.4, 0.5) is 0 Å². The smallest absolute Gasteiger partial charge is 0.303 e. The number of piperidine rings is 1. The van der Waals surface area contributed by atoms with Gasteiger partial charge in [-0.1, -0.05) is 0 Å². The normalized spacial score (nSPS) is 21.4. The molecule has 1 atom stereocenters. The van der Waals surface area contributed by atoms with Gasteiger partial charge in [0, 0.05) is 13.0 Å². The lowest BCUT2D eigenvalue weighted by Gasteiger charge is -2.30. The Kier molecular flexibility index (Phi) is 7.28. The number of carbonyl (C=O) groups is 1. The molecule has 0 spiro atoms. The molecule has 0 aromatic carbocycles. The fourth-order valence-corrected chi connectivity index (χ4v) is 2.68. The quantitative estimate of drug-likeness (QED) is 0.674. The van der Waals surface area contributed by atoms with Crippen molar-refractivity contribution in [3.63, 3.8) is 0 Å². The molecule has 1 heterocycles. The predicted molar refractivity (Wildman–Crippen MR) is 73.8 cm³/mol. The number of carboxylic acids is 1. The molecule has 0 aliphatic carbocycles. The van der Waals surface area contributed by atoms with E-state index < -0.39 is 5.97 Å². The molecule has 0 aromatic heterocycles. The summed E-state index contributed by atoms with van der Waals surface area (Å²) < 4.78 is 0. The molecule has 1 saturated heterocycles. The number of carboxylic acid groups (broad SMARTS) is 1. The lowest BCUT2D eigenvalue weighted by Crippen LogP contribution is -2.34. The number of nitrogens with zero attached hydrogens (tertiary/aromatic N) is 2. The highest BCUT2D eigenvalue weighted by Gasteiger charge is 2.17. The van der Waals surface area contributed by atoms with Crippen LogP contribution in [0.25, 0.3) is 0 Å². The third kappa shape index (κ3) is 6.97. The van der Waals surface area contributed by atoms with Crippen molar-refractivity contribution < 1.29 is 9.90 Å². The van der Waals surface area contributed by atoms with Gasteiger partial charge < -0.3 is 14.9 Å². The van der Waals surface area contributed by atoms with E-state index >= 15 is 0 Å². The third-order valence-electron chi connectivity index (χ3n) is 3.82. The van der Waals surface area contributed by atoms with Crippen LogP contribution in [0.2, 0.25) is 0 Å². The van der Waals surface area contributed by atoms with Crippen LogP contribution in [0.15, 0.2) is 0 Å². The number of unbranched alkanes of at least 4 members (excludes halogenated alkanes) is 1. The molecule has 4 nitrogen and oxygen atoms in total. The number of hydrogen-bond acceptors (Lipinski definition) is 3. The van der Waals surface area contributed by atoms with Gasteiger partial charge in [-0.05, 0) is 71.8 Å². The molecule has 18 heavy (non-hydrogen) atoms. The summed E-state index contributed by atoms with van der Waals surface area (Å²) in [5, 5.41) is 8.56. The fraction of sp³-hybridized carbons (Fsp3) is 0.929. The molecule has 0 bridgehead atoms. The summed E-state index contributed by atoms with van der Waals surface area (Å²) in [4.78, 5) is 15.2. The van der Waals surface area contributed by atoms with E-state index in [1.54, 1.807) is 0 Å². The number of aliphatic carboxylic acids is 1. The average Bonchev–Trinajstić information content (AvgIpc) is 2.32. The first-order valence-corrected chi connectivity index (χ1v) is 7.17. The maximum Gasteiger partial charge on any atom is 0.303 e. The summed E-state index contributed by atoms with van der Waals surface area (Å²) in [7, 11) is 4.36. The van der Waals surface area contributed by atoms with E-state index in [1.807, 2.05) is 0 Å². The Labute approximate surface area is 111 Å². The summed E-state index contributed by atoms with van der Waals surface area (Å²) in [5.41, 5.74) is 0. The second-order valence-corrected chi connectivity index (χ2v) is 5.71. The molecule has 1 aliphatic rings. The number of rotatable bonds is 8. The van der Waals surface area contributed by atoms with Crippen molar-refractivity contribution >= 4 is 5.97 Å². The van der Waals surface area contributed by atoms with Crippen LogP contribution in [0.3, 0.4) is 0 Å². The molecule has 4 heteroatoms. The molecule has 0 amide bonds. The van der Waals surface area contributed by atoms with Gasteiger partial charge in [-0.25, -0.2) is 0 Å². The summed E-state index contributed by atoms with van der Waals surface area (Å²) in [6.07, 6.45) is 6.08. The van der Waals surface area contributed by atoms with Crippen LogP contribution in [-0.2, 0) is 4.79 Å². The fourth-order valence-electron chi connectivity index (χ4n) is 2.68. The Bertz CT molecular complexity index is 246. The summed E-state index contributed by atoms with van der Waals surface area (Å²) >= 11 is 0. The zero-order valence-corrected chi connectivity index (χ0v) is 11.9. The van der Waals surface area contributed by atoms with E-state index in [0.29, 0.717) is 6.42 Å². The Balaban J connectivity index is 2.02. The zero-order chi connectivity index (χ0) is 13.4. The predicted octanol–water partition coefficient (Wildman–Crippen LogP) is 1.91. The summed E-state index contributed by atoms with van der Waals surface area (Å²) in [6, 6.07) is 0. The minimum Gasteiger partial charge on any atom is -0.481 e. The molecule has 106 valence electrons. The molecule has 0 radical (unpaired) electrons. The minimum absolute atomic E-state index is 0.307. The first-order chi connectivity index (χ1) is 8.58. The Morgan fingerprint density at radius 3 is 2.83 bits per heavy atom. The van der Waals surface area contributed by atoms with E-state index in [-0.39, 0.29) is 0 Å². The molecular weight excluding hydrogens is 228 g/mol. The van der Waals surface area contributed by atoms with Crippen LogP contribution >= 0.6 is 0 Å². The van der Waals surface area contributed by atoms with E-state index in [2.05, 4.69) is 23.9 Å². The van der Waals surface area contributed by atoms with Gasteiger partial charge in [0.1, 0.15) is 0 Å². The Hall–Kier alpha value is -0.610. The van der Waals surface area contributed by atoms with Crippen molar-refractivity contribution in [2.75, 3.05) is 40.3 Å². The third-order valence-corrected chi connectivity index (χ3v) is 3.82. The van der Waals surface area contributed by atoms with Crippen molar-refractivity contribution in [1.82, 2.24) is 9.80 Å². The van der Waals surface area contributed by atoms with E-state index in [9.17, 15) is 4.79 Å². The molecule has 1 unspecified atom stereocenters. The second kappa shape index (κ2) is 8.48. The largest absolute Gasteiger partial charge is 0.481 e. The lowest BCUT2D eigenvalue weighted by atomic mass is 9.95. The van der Waals surface area contributed by atoms with Gasteiger partial charge in [-0.3, -0.25) is 4.79 Å². The van der Waals surface area contributed by atoms with Crippen LogP contribution in [0, 0.1) is 5.92 Å². The van der Waals surface area contributed by atoms with Crippen LogP contribution in [-0.4, -0.2) is 61.2 Å². The van der Waals surface area contributed by atoms with Gasteiger partial charge in [0.15, 0.2) is 0 Å². The average molecular weight is 256 g/mol. The van der Waals surface area contributed by atoms with Crippen molar-refractivity contribution in [2.24, 2.45) is 5.92 Å². The number of likely N-dealkylation sites (tertiary alicyclic amines) is 1. The summed E-state index contributed by atoms with van der Waals surface area (Å²) in [5.74, 6) is 0.174. The molecule has 1 N–H and O–H groups in total. The maximum atomic E-state index is 10.4. The highest BCUT2D eigenvalue weighted by atomic mass is 16.4. The van der Waals surface area contributed by atoms with Crippen LogP contribution in [0.1, 0.15) is 38.5 Å². The lowest BCUT2D eigenvalue weighted by molar-refractivity contribution is -0.137. The highest BCUT2D eigenvalue weighted by molar-refractivity contribution is 5.66. The van der Waals surface area contributed by atoms with Crippen molar-refractivity contribution in [2.45, 2.75) is 38.5 Å². The Morgan fingerprint density at radius 1 is 1.39 bits per heavy atom. The molecule has 0 aromatic rings. The van der Waals surface area contributed by atoms with Crippen LogP contribution in [0.5, 0.6) is 0 Å². The molecule has 0 saturated carbocycles. The second-order valence-electron chi connectivity index (χ2n) is 5.71. The van der Waals surface area contributed by atoms with Gasteiger partial charge in [0.05, 0.1) is 0 Å². The van der Waals surface area contributed by atoms with E-state index in [0.717, 1.165) is 31.8 Å². The minimum atomic E-state index is -0.678. The monoisotopic (exact) mass is 256 g/mol. The molecule has 1 aliphatic heterocycles. The van der Waals surface area contributed by atoms with Gasteiger partial charge in [-0.15, -0.1) is 0 Å². The summed E-state index contributed by atoms with van der Waals surface area (Å²) in [6.45, 7) is 4.66. The topological polar surface area (TPSA) is 43.8 Å². The SMILES string of the molecule is CN(CCCCC(=O)O)CCC1CCCN(C)C1. The Morgan fingerprint density at radius 2 is 2.17 bits per heavy atom. The standard InChI is InChI=1S/C14H28N2O2/c1-15(9-4-3-7-14(17)18)11-8-13-6-5-10-16(2)12-13/h13H,3-12H2,1-2H3,(H,17,18). The van der Waals surface area contributed by atoms with E-state index in [4.69, 9.17) is 5.11 Å². The maximum absolute atomic E-state index is 10.4. The van der Waals surface area contributed by atoms with Gasteiger partial charge in [0.2, 0.25) is 0 Å². The van der Waals surface area contributed by atoms with Gasteiger partial charge >= 0.3 is 5.97 Å². The van der Waals surface area contributed by atoms with Gasteiger partial charge in [0.25, 0.3) is 0 Å². The molecule has 1 fully saturated rings. The van der Waals surface area contributed by atoms with Crippen molar-refractivity contribution in [3.05, 3.63) is 0 Å². The first kappa shape index (κ1) is 15.4. The first-order valence-electron chi connectivity index (χ1n) is 7.17. The van der Waals surface area contributed by atoms with Gasteiger partial charge in [-0.2, -0.15) is 0 Å². The molecule has 1 rings (SSSR count). The van der Waals surface area contributed by atoms with Crippen molar-refractivity contribution in [3.8, 4) is 0 Å². The number of hydrogen-bond donors (Lipinski definition) is 1. The molecular formula is C14H28N2O2.